The van der Waals surface area contributed by atoms with E-state index in [1.165, 1.54) is 36.1 Å². The highest BCUT2D eigenvalue weighted by atomic mass is 15.1. The maximum atomic E-state index is 3.48. The normalized spacial score (nSPS) is 16.9. The molecule has 1 atom stereocenters. The molecular weight excluding hydrogens is 232 g/mol. The first-order chi connectivity index (χ1) is 9.13. The Labute approximate surface area is 118 Å². The zero-order chi connectivity index (χ0) is 13.8. The smallest absolute Gasteiger partial charge is 0.0446 e. The van der Waals surface area contributed by atoms with E-state index in [9.17, 15) is 0 Å². The molecule has 106 valence electrons. The molecule has 1 aromatic carbocycles. The van der Waals surface area contributed by atoms with Crippen LogP contribution in [0.25, 0.3) is 0 Å². The number of nitrogens with zero attached hydrogens (tertiary/aromatic N) is 1. The standard InChI is InChI=1S/C17H28N2/c1-5-19(11-15-7-8-15)12-17(18-4)16-9-6-13(2)14(3)10-16/h6,9-10,15,17-18H,5,7-8,11-12H2,1-4H3. The van der Waals surface area contributed by atoms with Crippen molar-refractivity contribution in [1.29, 1.82) is 0 Å². The van der Waals surface area contributed by atoms with Crippen molar-refractivity contribution in [2.75, 3.05) is 26.7 Å². The Morgan fingerprint density at radius 2 is 2.00 bits per heavy atom. The maximum Gasteiger partial charge on any atom is 0.0446 e. The molecule has 0 aromatic heterocycles. The van der Waals surface area contributed by atoms with Gasteiger partial charge in [0.25, 0.3) is 0 Å². The third-order valence-corrected chi connectivity index (χ3v) is 4.38. The number of rotatable bonds is 7. The summed E-state index contributed by atoms with van der Waals surface area (Å²) in [5.41, 5.74) is 4.19. The molecule has 2 heteroatoms. The molecule has 0 saturated heterocycles. The van der Waals surface area contributed by atoms with Gasteiger partial charge in [0.1, 0.15) is 0 Å². The summed E-state index contributed by atoms with van der Waals surface area (Å²) >= 11 is 0. The van der Waals surface area contributed by atoms with Gasteiger partial charge in [-0.3, -0.25) is 0 Å². The van der Waals surface area contributed by atoms with Crippen LogP contribution < -0.4 is 5.32 Å². The second-order valence-corrected chi connectivity index (χ2v) is 5.98. The van der Waals surface area contributed by atoms with Crippen LogP contribution in [0.4, 0.5) is 0 Å². The molecule has 0 bridgehead atoms. The summed E-state index contributed by atoms with van der Waals surface area (Å²) in [6, 6.07) is 7.29. The van der Waals surface area contributed by atoms with Crippen LogP contribution in [0.3, 0.4) is 0 Å². The Bertz CT molecular complexity index is 410. The number of aryl methyl sites for hydroxylation is 2. The lowest BCUT2D eigenvalue weighted by atomic mass is 10.0. The predicted octanol–water partition coefficient (Wildman–Crippen LogP) is 3.30. The van der Waals surface area contributed by atoms with Crippen molar-refractivity contribution in [3.05, 3.63) is 34.9 Å². The summed E-state index contributed by atoms with van der Waals surface area (Å²) in [4.78, 5) is 2.59. The summed E-state index contributed by atoms with van der Waals surface area (Å²) in [7, 11) is 2.07. The largest absolute Gasteiger partial charge is 0.312 e. The average molecular weight is 260 g/mol. The fourth-order valence-corrected chi connectivity index (χ4v) is 2.60. The predicted molar refractivity (Wildman–Crippen MR) is 82.6 cm³/mol. The molecule has 2 nitrogen and oxygen atoms in total. The van der Waals surface area contributed by atoms with Gasteiger partial charge in [0.15, 0.2) is 0 Å². The molecule has 0 amide bonds. The number of likely N-dealkylation sites (N-methyl/N-ethyl adjacent to an activating group) is 2. The Morgan fingerprint density at radius 3 is 2.53 bits per heavy atom. The molecule has 0 radical (unpaired) electrons. The molecule has 1 unspecified atom stereocenters. The van der Waals surface area contributed by atoms with Crippen LogP contribution in [-0.2, 0) is 0 Å². The van der Waals surface area contributed by atoms with Gasteiger partial charge in [-0.05, 0) is 62.9 Å². The van der Waals surface area contributed by atoms with Gasteiger partial charge in [-0.25, -0.2) is 0 Å². The summed E-state index contributed by atoms with van der Waals surface area (Å²) in [5.74, 6) is 0.970. The molecule has 0 aliphatic heterocycles. The molecule has 1 aliphatic carbocycles. The molecule has 1 fully saturated rings. The van der Waals surface area contributed by atoms with Gasteiger partial charge in [0, 0.05) is 19.1 Å². The monoisotopic (exact) mass is 260 g/mol. The second kappa shape index (κ2) is 6.53. The van der Waals surface area contributed by atoms with E-state index >= 15 is 0 Å². The van der Waals surface area contributed by atoms with E-state index in [0.717, 1.165) is 19.0 Å². The minimum atomic E-state index is 0.443. The van der Waals surface area contributed by atoms with Gasteiger partial charge >= 0.3 is 0 Å². The average Bonchev–Trinajstić information content (AvgIpc) is 3.22. The maximum absolute atomic E-state index is 3.48. The number of nitrogens with one attached hydrogen (secondary N) is 1. The Hall–Kier alpha value is -0.860. The lowest BCUT2D eigenvalue weighted by molar-refractivity contribution is 0.248. The van der Waals surface area contributed by atoms with E-state index in [2.05, 4.69) is 56.2 Å². The molecule has 1 N–H and O–H groups in total. The van der Waals surface area contributed by atoms with Gasteiger partial charge in [-0.2, -0.15) is 0 Å². The van der Waals surface area contributed by atoms with Crippen molar-refractivity contribution >= 4 is 0 Å². The quantitative estimate of drug-likeness (QED) is 0.809. The minimum absolute atomic E-state index is 0.443. The third kappa shape index (κ3) is 4.05. The topological polar surface area (TPSA) is 15.3 Å². The van der Waals surface area contributed by atoms with Gasteiger partial charge in [0.2, 0.25) is 0 Å². The Morgan fingerprint density at radius 1 is 1.26 bits per heavy atom. The minimum Gasteiger partial charge on any atom is -0.312 e. The van der Waals surface area contributed by atoms with Crippen LogP contribution in [0.2, 0.25) is 0 Å². The van der Waals surface area contributed by atoms with Gasteiger partial charge < -0.3 is 10.2 Å². The molecule has 0 spiro atoms. The van der Waals surface area contributed by atoms with Crippen molar-refractivity contribution in [2.24, 2.45) is 5.92 Å². The van der Waals surface area contributed by atoms with Crippen molar-refractivity contribution in [1.82, 2.24) is 10.2 Å². The molecule has 1 saturated carbocycles. The molecule has 2 rings (SSSR count). The number of hydrogen-bond acceptors (Lipinski definition) is 2. The zero-order valence-corrected chi connectivity index (χ0v) is 12.9. The highest BCUT2D eigenvalue weighted by molar-refractivity contribution is 5.31. The van der Waals surface area contributed by atoms with Crippen molar-refractivity contribution < 1.29 is 0 Å². The van der Waals surface area contributed by atoms with Gasteiger partial charge in [0.05, 0.1) is 0 Å². The summed E-state index contributed by atoms with van der Waals surface area (Å²) in [6.07, 6.45) is 2.87. The van der Waals surface area contributed by atoms with Crippen LogP contribution in [0, 0.1) is 19.8 Å². The van der Waals surface area contributed by atoms with Gasteiger partial charge in [-0.15, -0.1) is 0 Å². The molecule has 1 aliphatic rings. The molecule has 0 heterocycles. The first kappa shape index (κ1) is 14.5. The van der Waals surface area contributed by atoms with Crippen LogP contribution in [0.15, 0.2) is 18.2 Å². The third-order valence-electron chi connectivity index (χ3n) is 4.38. The Balaban J connectivity index is 2.02. The van der Waals surface area contributed by atoms with Gasteiger partial charge in [-0.1, -0.05) is 25.1 Å². The highest BCUT2D eigenvalue weighted by Gasteiger charge is 2.25. The van der Waals surface area contributed by atoms with E-state index in [1.807, 2.05) is 0 Å². The first-order valence-corrected chi connectivity index (χ1v) is 7.60. The van der Waals surface area contributed by atoms with E-state index in [0.29, 0.717) is 6.04 Å². The zero-order valence-electron chi connectivity index (χ0n) is 12.9. The highest BCUT2D eigenvalue weighted by Crippen LogP contribution is 2.30. The van der Waals surface area contributed by atoms with Crippen LogP contribution in [0.1, 0.15) is 42.5 Å². The van der Waals surface area contributed by atoms with Crippen molar-refractivity contribution in [3.8, 4) is 0 Å². The Kier molecular flexibility index (Phi) is 5.00. The molecule has 1 aromatic rings. The summed E-state index contributed by atoms with van der Waals surface area (Å²) in [6.45, 7) is 10.2. The van der Waals surface area contributed by atoms with E-state index in [1.54, 1.807) is 0 Å². The van der Waals surface area contributed by atoms with Crippen molar-refractivity contribution in [2.45, 2.75) is 39.7 Å². The van der Waals surface area contributed by atoms with Crippen molar-refractivity contribution in [3.63, 3.8) is 0 Å². The SMILES string of the molecule is CCN(CC1CC1)CC(NC)c1ccc(C)c(C)c1. The van der Waals surface area contributed by atoms with E-state index in [-0.39, 0.29) is 0 Å². The number of benzene rings is 1. The van der Waals surface area contributed by atoms with Crippen LogP contribution in [-0.4, -0.2) is 31.6 Å². The second-order valence-electron chi connectivity index (χ2n) is 5.98. The molecular formula is C17H28N2. The number of hydrogen-bond donors (Lipinski definition) is 1. The van der Waals surface area contributed by atoms with Crippen LogP contribution in [0.5, 0.6) is 0 Å². The first-order valence-electron chi connectivity index (χ1n) is 7.60. The summed E-state index contributed by atoms with van der Waals surface area (Å²) in [5, 5.41) is 3.48. The summed E-state index contributed by atoms with van der Waals surface area (Å²) < 4.78 is 0. The fraction of sp³-hybridized carbons (Fsp3) is 0.647. The van der Waals surface area contributed by atoms with E-state index in [4.69, 9.17) is 0 Å². The van der Waals surface area contributed by atoms with Crippen LogP contribution >= 0.6 is 0 Å². The lowest BCUT2D eigenvalue weighted by Gasteiger charge is -2.27. The molecule has 19 heavy (non-hydrogen) atoms. The fourth-order valence-electron chi connectivity index (χ4n) is 2.60. The van der Waals surface area contributed by atoms with E-state index < -0.39 is 0 Å². The lowest BCUT2D eigenvalue weighted by Crippen LogP contribution is -2.35.